The largest absolute Gasteiger partial charge is 0.384 e. The van der Waals surface area contributed by atoms with E-state index in [-0.39, 0.29) is 11.9 Å². The molecule has 2 aliphatic rings. The molecule has 7 nitrogen and oxygen atoms in total. The van der Waals surface area contributed by atoms with Gasteiger partial charge in [0.15, 0.2) is 0 Å². The number of piperazine rings is 1. The first-order chi connectivity index (χ1) is 10.6. The van der Waals surface area contributed by atoms with Crippen molar-refractivity contribution in [3.63, 3.8) is 0 Å². The molecule has 2 N–H and O–H groups in total. The molecule has 7 heteroatoms. The van der Waals surface area contributed by atoms with Gasteiger partial charge < -0.3 is 25.2 Å². The van der Waals surface area contributed by atoms with Gasteiger partial charge in [-0.05, 0) is 32.9 Å². The van der Waals surface area contributed by atoms with Gasteiger partial charge in [0.05, 0.1) is 12.0 Å². The van der Waals surface area contributed by atoms with Gasteiger partial charge in [0.1, 0.15) is 0 Å². The molecule has 0 aromatic rings. The molecule has 0 aromatic heterocycles. The van der Waals surface area contributed by atoms with E-state index < -0.39 is 5.41 Å². The fourth-order valence-corrected chi connectivity index (χ4v) is 3.31. The maximum Gasteiger partial charge on any atom is 0.317 e. The van der Waals surface area contributed by atoms with Crippen molar-refractivity contribution in [2.45, 2.75) is 19.8 Å². The summed E-state index contributed by atoms with van der Waals surface area (Å²) in [5.74, 6) is 0.186. The molecule has 0 unspecified atom stereocenters. The summed E-state index contributed by atoms with van der Waals surface area (Å²) >= 11 is 0. The standard InChI is InChI=1S/C15H28N4O3/c1-3-17-14(21)19-10-8-18(9-11-19)13(20)15(12-22-2)4-6-16-7-5-15/h16H,3-12H2,1-2H3,(H,17,21). The molecule has 0 saturated carbocycles. The monoisotopic (exact) mass is 312 g/mol. The van der Waals surface area contributed by atoms with E-state index in [9.17, 15) is 9.59 Å². The highest BCUT2D eigenvalue weighted by Gasteiger charge is 2.43. The number of urea groups is 1. The lowest BCUT2D eigenvalue weighted by atomic mass is 9.78. The number of amides is 3. The fraction of sp³-hybridized carbons (Fsp3) is 0.867. The minimum atomic E-state index is -0.395. The van der Waals surface area contributed by atoms with Gasteiger partial charge in [0, 0.05) is 39.8 Å². The van der Waals surface area contributed by atoms with Gasteiger partial charge in [-0.1, -0.05) is 0 Å². The van der Waals surface area contributed by atoms with Crippen LogP contribution in [0.4, 0.5) is 4.79 Å². The second-order valence-electron chi connectivity index (χ2n) is 6.08. The van der Waals surface area contributed by atoms with Crippen molar-refractivity contribution in [2.75, 3.05) is 59.5 Å². The highest BCUT2D eigenvalue weighted by molar-refractivity contribution is 5.83. The van der Waals surface area contributed by atoms with Crippen LogP contribution in [0.3, 0.4) is 0 Å². The molecule has 0 atom stereocenters. The van der Waals surface area contributed by atoms with Crippen molar-refractivity contribution < 1.29 is 14.3 Å². The minimum Gasteiger partial charge on any atom is -0.384 e. The molecule has 2 fully saturated rings. The Hall–Kier alpha value is -1.34. The van der Waals surface area contributed by atoms with Crippen LogP contribution in [-0.2, 0) is 9.53 Å². The third-order valence-corrected chi connectivity index (χ3v) is 4.62. The normalized spacial score (nSPS) is 21.5. The van der Waals surface area contributed by atoms with Crippen LogP contribution in [0.25, 0.3) is 0 Å². The molecule has 2 aliphatic heterocycles. The number of piperidine rings is 1. The molecular formula is C15H28N4O3. The summed E-state index contributed by atoms with van der Waals surface area (Å²) in [6.07, 6.45) is 1.63. The predicted molar refractivity (Wildman–Crippen MR) is 83.6 cm³/mol. The Labute approximate surface area is 132 Å². The van der Waals surface area contributed by atoms with E-state index in [4.69, 9.17) is 4.74 Å². The van der Waals surface area contributed by atoms with Crippen molar-refractivity contribution in [1.82, 2.24) is 20.4 Å². The van der Waals surface area contributed by atoms with E-state index in [0.29, 0.717) is 39.3 Å². The van der Waals surface area contributed by atoms with Gasteiger partial charge in [-0.2, -0.15) is 0 Å². The number of methoxy groups -OCH3 is 1. The number of carbonyl (C=O) groups is 2. The van der Waals surface area contributed by atoms with Crippen LogP contribution in [0.15, 0.2) is 0 Å². The van der Waals surface area contributed by atoms with E-state index in [1.54, 1.807) is 12.0 Å². The number of hydrogen-bond acceptors (Lipinski definition) is 4. The first-order valence-corrected chi connectivity index (χ1v) is 8.15. The van der Waals surface area contributed by atoms with Crippen molar-refractivity contribution in [1.29, 1.82) is 0 Å². The number of hydrogen-bond donors (Lipinski definition) is 2. The smallest absolute Gasteiger partial charge is 0.317 e. The molecule has 3 amide bonds. The van der Waals surface area contributed by atoms with Crippen molar-refractivity contribution in [3.05, 3.63) is 0 Å². The lowest BCUT2D eigenvalue weighted by Crippen LogP contribution is -2.58. The summed E-state index contributed by atoms with van der Waals surface area (Å²) < 4.78 is 5.34. The topological polar surface area (TPSA) is 73.9 Å². The number of nitrogens with one attached hydrogen (secondary N) is 2. The van der Waals surface area contributed by atoms with E-state index in [0.717, 1.165) is 25.9 Å². The number of ether oxygens (including phenoxy) is 1. The second-order valence-corrected chi connectivity index (χ2v) is 6.08. The Balaban J connectivity index is 1.94. The Kier molecular flexibility index (Phi) is 6.02. The summed E-state index contributed by atoms with van der Waals surface area (Å²) in [5, 5.41) is 6.11. The van der Waals surface area contributed by atoms with Gasteiger partial charge >= 0.3 is 6.03 Å². The Morgan fingerprint density at radius 3 is 2.27 bits per heavy atom. The number of rotatable bonds is 4. The average molecular weight is 312 g/mol. The van der Waals surface area contributed by atoms with Crippen LogP contribution in [0.2, 0.25) is 0 Å². The van der Waals surface area contributed by atoms with Crippen molar-refractivity contribution in [3.8, 4) is 0 Å². The minimum absolute atomic E-state index is 0.0388. The Bertz CT molecular complexity index is 383. The molecule has 0 bridgehead atoms. The number of nitrogens with zero attached hydrogens (tertiary/aromatic N) is 2. The molecule has 2 rings (SSSR count). The lowest BCUT2D eigenvalue weighted by molar-refractivity contribution is -0.149. The van der Waals surface area contributed by atoms with Crippen LogP contribution in [0.5, 0.6) is 0 Å². The van der Waals surface area contributed by atoms with Crippen LogP contribution in [0.1, 0.15) is 19.8 Å². The molecule has 0 aromatic carbocycles. The Morgan fingerprint density at radius 1 is 1.14 bits per heavy atom. The highest BCUT2D eigenvalue weighted by Crippen LogP contribution is 2.32. The van der Waals surface area contributed by atoms with E-state index >= 15 is 0 Å². The maximum atomic E-state index is 13.0. The van der Waals surface area contributed by atoms with Gasteiger partial charge in [0.25, 0.3) is 0 Å². The quantitative estimate of drug-likeness (QED) is 0.759. The maximum absolute atomic E-state index is 13.0. The van der Waals surface area contributed by atoms with Crippen LogP contribution in [0, 0.1) is 5.41 Å². The van der Waals surface area contributed by atoms with E-state index in [1.165, 1.54) is 0 Å². The molecule has 0 radical (unpaired) electrons. The Morgan fingerprint density at radius 2 is 1.73 bits per heavy atom. The molecule has 0 spiro atoms. The zero-order chi connectivity index (χ0) is 16.0. The van der Waals surface area contributed by atoms with Crippen LogP contribution >= 0.6 is 0 Å². The first-order valence-electron chi connectivity index (χ1n) is 8.15. The summed E-state index contributed by atoms with van der Waals surface area (Å²) in [5.41, 5.74) is -0.395. The summed E-state index contributed by atoms with van der Waals surface area (Å²) in [6.45, 7) is 7.12. The third kappa shape index (κ3) is 3.70. The molecule has 2 saturated heterocycles. The fourth-order valence-electron chi connectivity index (χ4n) is 3.31. The summed E-state index contributed by atoms with van der Waals surface area (Å²) in [4.78, 5) is 28.5. The van der Waals surface area contributed by atoms with Gasteiger partial charge in [-0.25, -0.2) is 4.79 Å². The van der Waals surface area contributed by atoms with E-state index in [1.807, 2.05) is 11.8 Å². The zero-order valence-electron chi connectivity index (χ0n) is 13.7. The summed E-state index contributed by atoms with van der Waals surface area (Å²) in [7, 11) is 1.66. The third-order valence-electron chi connectivity index (χ3n) is 4.62. The molecule has 22 heavy (non-hydrogen) atoms. The summed E-state index contributed by atoms with van der Waals surface area (Å²) in [6, 6.07) is -0.0388. The van der Waals surface area contributed by atoms with Gasteiger partial charge in [-0.3, -0.25) is 4.79 Å². The second kappa shape index (κ2) is 7.78. The molecule has 126 valence electrons. The zero-order valence-corrected chi connectivity index (χ0v) is 13.7. The van der Waals surface area contributed by atoms with Crippen LogP contribution < -0.4 is 10.6 Å². The highest BCUT2D eigenvalue weighted by atomic mass is 16.5. The van der Waals surface area contributed by atoms with E-state index in [2.05, 4.69) is 10.6 Å². The van der Waals surface area contributed by atoms with Gasteiger partial charge in [-0.15, -0.1) is 0 Å². The molecule has 0 aliphatic carbocycles. The molecular weight excluding hydrogens is 284 g/mol. The SMILES string of the molecule is CCNC(=O)N1CCN(C(=O)C2(COC)CCNCC2)CC1. The van der Waals surface area contributed by atoms with Gasteiger partial charge in [0.2, 0.25) is 5.91 Å². The van der Waals surface area contributed by atoms with Crippen molar-refractivity contribution in [2.24, 2.45) is 5.41 Å². The number of carbonyl (C=O) groups excluding carboxylic acids is 2. The average Bonchev–Trinajstić information content (AvgIpc) is 2.56. The predicted octanol–water partition coefficient (Wildman–Crippen LogP) is -0.124. The van der Waals surface area contributed by atoms with Crippen molar-refractivity contribution >= 4 is 11.9 Å². The molecule has 2 heterocycles. The lowest BCUT2D eigenvalue weighted by Gasteiger charge is -2.42. The van der Waals surface area contributed by atoms with Crippen LogP contribution in [-0.4, -0.2) is 81.3 Å². The first kappa shape index (κ1) is 17.0.